The van der Waals surface area contributed by atoms with Gasteiger partial charge in [-0.3, -0.25) is 14.6 Å². The molecule has 2 amide bonds. The van der Waals surface area contributed by atoms with E-state index in [-0.39, 0.29) is 0 Å². The van der Waals surface area contributed by atoms with Gasteiger partial charge in [-0.1, -0.05) is 32.0 Å². The fourth-order valence-electron chi connectivity index (χ4n) is 2.06. The SMILES string of the molecule is CCC(C)c1ccccc1NC(=O)C(=O)Nc1cccnc1. The topological polar surface area (TPSA) is 71.1 Å². The Kier molecular flexibility index (Phi) is 5.25. The number of anilines is 2. The summed E-state index contributed by atoms with van der Waals surface area (Å²) in [6.07, 6.45) is 4.03. The molecule has 0 saturated carbocycles. The van der Waals surface area contributed by atoms with Crippen molar-refractivity contribution >= 4 is 23.2 Å². The number of amides is 2. The fourth-order valence-corrected chi connectivity index (χ4v) is 2.06. The van der Waals surface area contributed by atoms with Crippen molar-refractivity contribution in [3.8, 4) is 0 Å². The van der Waals surface area contributed by atoms with Crippen LogP contribution in [0.5, 0.6) is 0 Å². The number of pyridine rings is 1. The highest BCUT2D eigenvalue weighted by atomic mass is 16.2. The molecule has 2 rings (SSSR count). The summed E-state index contributed by atoms with van der Waals surface area (Å²) in [6.45, 7) is 4.17. The van der Waals surface area contributed by atoms with Gasteiger partial charge in [0.25, 0.3) is 0 Å². The summed E-state index contributed by atoms with van der Waals surface area (Å²) < 4.78 is 0. The van der Waals surface area contributed by atoms with Gasteiger partial charge in [0.05, 0.1) is 11.9 Å². The zero-order valence-corrected chi connectivity index (χ0v) is 12.7. The Balaban J connectivity index is 2.07. The lowest BCUT2D eigenvalue weighted by atomic mass is 9.97. The van der Waals surface area contributed by atoms with E-state index >= 15 is 0 Å². The molecule has 0 saturated heterocycles. The van der Waals surface area contributed by atoms with E-state index in [2.05, 4.69) is 29.5 Å². The van der Waals surface area contributed by atoms with Gasteiger partial charge in [0.15, 0.2) is 0 Å². The highest BCUT2D eigenvalue weighted by Gasteiger charge is 2.17. The molecule has 0 fully saturated rings. The van der Waals surface area contributed by atoms with E-state index in [0.717, 1.165) is 12.0 Å². The van der Waals surface area contributed by atoms with Crippen molar-refractivity contribution in [1.82, 2.24) is 4.98 Å². The summed E-state index contributed by atoms with van der Waals surface area (Å²) in [5.74, 6) is -1.11. The van der Waals surface area contributed by atoms with E-state index in [1.54, 1.807) is 24.4 Å². The molecule has 1 aromatic carbocycles. The van der Waals surface area contributed by atoms with Gasteiger partial charge in [-0.05, 0) is 36.1 Å². The smallest absolute Gasteiger partial charge is 0.314 e. The van der Waals surface area contributed by atoms with Crippen LogP contribution in [0.4, 0.5) is 11.4 Å². The maximum absolute atomic E-state index is 12.0. The van der Waals surface area contributed by atoms with Crippen LogP contribution >= 0.6 is 0 Å². The summed E-state index contributed by atoms with van der Waals surface area (Å²) in [5.41, 5.74) is 2.17. The van der Waals surface area contributed by atoms with Gasteiger partial charge < -0.3 is 10.6 Å². The molecule has 1 unspecified atom stereocenters. The first kappa shape index (κ1) is 15.7. The predicted octanol–water partition coefficient (Wildman–Crippen LogP) is 3.17. The van der Waals surface area contributed by atoms with Crippen molar-refractivity contribution in [3.05, 3.63) is 54.4 Å². The minimum Gasteiger partial charge on any atom is -0.318 e. The van der Waals surface area contributed by atoms with Gasteiger partial charge >= 0.3 is 11.8 Å². The number of carbonyl (C=O) groups excluding carboxylic acids is 2. The molecule has 22 heavy (non-hydrogen) atoms. The van der Waals surface area contributed by atoms with Crippen LogP contribution in [0.3, 0.4) is 0 Å². The van der Waals surface area contributed by atoms with Crippen LogP contribution in [0.25, 0.3) is 0 Å². The molecule has 5 heteroatoms. The number of benzene rings is 1. The summed E-state index contributed by atoms with van der Waals surface area (Å²) in [7, 11) is 0. The highest BCUT2D eigenvalue weighted by molar-refractivity contribution is 6.43. The number of nitrogens with one attached hydrogen (secondary N) is 2. The Morgan fingerprint density at radius 3 is 2.50 bits per heavy atom. The lowest BCUT2D eigenvalue weighted by Gasteiger charge is -2.15. The molecule has 0 aliphatic heterocycles. The number of rotatable bonds is 4. The zero-order valence-electron chi connectivity index (χ0n) is 12.7. The largest absolute Gasteiger partial charge is 0.318 e. The van der Waals surface area contributed by atoms with Crippen LogP contribution in [-0.4, -0.2) is 16.8 Å². The summed E-state index contributed by atoms with van der Waals surface area (Å²) in [5, 5.41) is 5.19. The van der Waals surface area contributed by atoms with E-state index in [9.17, 15) is 9.59 Å². The number of hydrogen-bond donors (Lipinski definition) is 2. The molecule has 1 heterocycles. The van der Waals surface area contributed by atoms with E-state index in [1.165, 1.54) is 6.20 Å². The first-order chi connectivity index (χ1) is 10.6. The third-order valence-corrected chi connectivity index (χ3v) is 3.48. The third kappa shape index (κ3) is 3.91. The Morgan fingerprint density at radius 2 is 1.82 bits per heavy atom. The normalized spacial score (nSPS) is 11.5. The van der Waals surface area contributed by atoms with Crippen LogP contribution in [-0.2, 0) is 9.59 Å². The molecule has 114 valence electrons. The van der Waals surface area contributed by atoms with Crippen molar-refractivity contribution in [1.29, 1.82) is 0 Å². The molecule has 1 aromatic heterocycles. The van der Waals surface area contributed by atoms with Gasteiger partial charge in [0.1, 0.15) is 0 Å². The Labute approximate surface area is 129 Å². The van der Waals surface area contributed by atoms with E-state index in [4.69, 9.17) is 0 Å². The molecule has 5 nitrogen and oxygen atoms in total. The number of hydrogen-bond acceptors (Lipinski definition) is 3. The summed E-state index contributed by atoms with van der Waals surface area (Å²) in [4.78, 5) is 27.8. The second-order valence-electron chi connectivity index (χ2n) is 5.05. The molecular formula is C17H19N3O2. The van der Waals surface area contributed by atoms with E-state index in [1.807, 2.05) is 18.2 Å². The van der Waals surface area contributed by atoms with Gasteiger partial charge in [-0.25, -0.2) is 0 Å². The minimum atomic E-state index is -0.716. The lowest BCUT2D eigenvalue weighted by molar-refractivity contribution is -0.133. The number of aromatic nitrogens is 1. The van der Waals surface area contributed by atoms with E-state index < -0.39 is 11.8 Å². The summed E-state index contributed by atoms with van der Waals surface area (Å²) in [6, 6.07) is 10.9. The first-order valence-electron chi connectivity index (χ1n) is 7.23. The van der Waals surface area contributed by atoms with Gasteiger partial charge in [0, 0.05) is 11.9 Å². The molecule has 2 aromatic rings. The average Bonchev–Trinajstić information content (AvgIpc) is 2.55. The molecule has 0 radical (unpaired) electrons. The van der Waals surface area contributed by atoms with Crippen molar-refractivity contribution in [2.75, 3.05) is 10.6 Å². The highest BCUT2D eigenvalue weighted by Crippen LogP contribution is 2.26. The van der Waals surface area contributed by atoms with E-state index in [0.29, 0.717) is 17.3 Å². The molecule has 0 aliphatic carbocycles. The molecule has 0 bridgehead atoms. The van der Waals surface area contributed by atoms with Gasteiger partial charge in [-0.15, -0.1) is 0 Å². The molecule has 2 N–H and O–H groups in total. The van der Waals surface area contributed by atoms with Crippen LogP contribution in [0, 0.1) is 0 Å². The average molecular weight is 297 g/mol. The maximum atomic E-state index is 12.0. The second kappa shape index (κ2) is 7.36. The molecule has 0 spiro atoms. The first-order valence-corrected chi connectivity index (χ1v) is 7.23. The molecule has 1 atom stereocenters. The fraction of sp³-hybridized carbons (Fsp3) is 0.235. The number of para-hydroxylation sites is 1. The third-order valence-electron chi connectivity index (χ3n) is 3.48. The standard InChI is InChI=1S/C17H19N3O2/c1-3-12(2)14-8-4-5-9-15(14)20-17(22)16(21)19-13-7-6-10-18-11-13/h4-12H,3H2,1-2H3,(H,19,21)(H,20,22). The Hall–Kier alpha value is -2.69. The van der Waals surface area contributed by atoms with Crippen LogP contribution in [0.1, 0.15) is 31.7 Å². The van der Waals surface area contributed by atoms with Crippen LogP contribution in [0.2, 0.25) is 0 Å². The van der Waals surface area contributed by atoms with Crippen molar-refractivity contribution < 1.29 is 9.59 Å². The van der Waals surface area contributed by atoms with Crippen LogP contribution < -0.4 is 10.6 Å². The van der Waals surface area contributed by atoms with Gasteiger partial charge in [0.2, 0.25) is 0 Å². The minimum absolute atomic E-state index is 0.304. The number of nitrogens with zero attached hydrogens (tertiary/aromatic N) is 1. The monoisotopic (exact) mass is 297 g/mol. The Bertz CT molecular complexity index is 656. The van der Waals surface area contributed by atoms with Crippen molar-refractivity contribution in [2.24, 2.45) is 0 Å². The molecule has 0 aliphatic rings. The lowest BCUT2D eigenvalue weighted by Crippen LogP contribution is -2.29. The second-order valence-corrected chi connectivity index (χ2v) is 5.05. The summed E-state index contributed by atoms with van der Waals surface area (Å²) >= 11 is 0. The predicted molar refractivity (Wildman–Crippen MR) is 86.6 cm³/mol. The van der Waals surface area contributed by atoms with Crippen molar-refractivity contribution in [2.45, 2.75) is 26.2 Å². The van der Waals surface area contributed by atoms with Crippen LogP contribution in [0.15, 0.2) is 48.8 Å². The van der Waals surface area contributed by atoms with Crippen molar-refractivity contribution in [3.63, 3.8) is 0 Å². The van der Waals surface area contributed by atoms with Gasteiger partial charge in [-0.2, -0.15) is 0 Å². The Morgan fingerprint density at radius 1 is 1.09 bits per heavy atom. The maximum Gasteiger partial charge on any atom is 0.314 e. The zero-order chi connectivity index (χ0) is 15.9. The molecular weight excluding hydrogens is 278 g/mol. The quantitative estimate of drug-likeness (QED) is 0.851. The number of carbonyl (C=O) groups is 2.